The molecule has 6 bridgehead atoms. The number of aromatic nitrogens is 2. The maximum absolute atomic E-state index is 14.0. The molecular weight excluding hydrogens is 548 g/mol. The second-order valence-corrected chi connectivity index (χ2v) is 12.3. The smallest absolute Gasteiger partial charge is 0.328 e. The van der Waals surface area contributed by atoms with Gasteiger partial charge >= 0.3 is 5.97 Å². The number of esters is 1. The lowest BCUT2D eigenvalue weighted by molar-refractivity contribution is -0.151. The minimum atomic E-state index is -0.734. The largest absolute Gasteiger partial charge is 0.488 e. The number of carbonyl (C=O) groups excluding carboxylic acids is 2. The Balaban J connectivity index is 1.42. The highest BCUT2D eigenvalue weighted by molar-refractivity contribution is 7.13. The predicted octanol–water partition coefficient (Wildman–Crippen LogP) is 5.90. The summed E-state index contributed by atoms with van der Waals surface area (Å²) in [7, 11) is 1.36. The number of anilines is 1. The number of thiazole rings is 1. The van der Waals surface area contributed by atoms with Crippen LogP contribution >= 0.6 is 11.3 Å². The fourth-order valence-corrected chi connectivity index (χ4v) is 6.65. The van der Waals surface area contributed by atoms with Gasteiger partial charge in [0.05, 0.1) is 30.6 Å². The van der Waals surface area contributed by atoms with Gasteiger partial charge in [0.2, 0.25) is 5.91 Å². The van der Waals surface area contributed by atoms with Crippen molar-refractivity contribution in [1.29, 1.82) is 0 Å². The van der Waals surface area contributed by atoms with Crippen LogP contribution in [0, 0.1) is 5.92 Å². The molecule has 4 aromatic rings. The van der Waals surface area contributed by atoms with Crippen LogP contribution in [-0.4, -0.2) is 58.6 Å². The van der Waals surface area contributed by atoms with Crippen LogP contribution in [0.4, 0.5) is 5.13 Å². The van der Waals surface area contributed by atoms with Gasteiger partial charge in [-0.25, -0.2) is 14.8 Å². The molecule has 0 spiro atoms. The molecule has 0 aliphatic carbocycles. The second kappa shape index (κ2) is 12.1. The van der Waals surface area contributed by atoms with Crippen LogP contribution in [0.25, 0.3) is 22.2 Å². The number of fused-ring (bicyclic) bond motifs is 5. The zero-order valence-electron chi connectivity index (χ0n) is 24.2. The highest BCUT2D eigenvalue weighted by Gasteiger charge is 2.44. The summed E-state index contributed by atoms with van der Waals surface area (Å²) in [5, 5.41) is 7.09. The Bertz CT molecular complexity index is 1590. The first-order valence-electron chi connectivity index (χ1n) is 14.6. The fraction of sp³-hybridized carbons (Fsp3) is 0.394. The van der Waals surface area contributed by atoms with Gasteiger partial charge in [-0.15, -0.1) is 11.3 Å². The van der Waals surface area contributed by atoms with Gasteiger partial charge in [0.15, 0.2) is 5.13 Å². The standard InChI is InChI=1S/C33H36N4O4S/c1-20(2)30-31(38)37-18-24(16-28(37)32(39)40-3)41-29-17-27(22-10-5-4-6-11-22)35-26-14-13-21(15-25(26)29)9-7-8-12-23-19-42-33(34-23)36-30/h4-6,10-11,13-15,17,19-20,24,28,30H,7-9,12,16,18H2,1-3H3,(H,34,36)/t24-,28+,30+/m1/s1. The van der Waals surface area contributed by atoms with Gasteiger partial charge in [0, 0.05) is 28.8 Å². The minimum Gasteiger partial charge on any atom is -0.488 e. The number of hydrogen-bond acceptors (Lipinski definition) is 8. The molecule has 1 amide bonds. The van der Waals surface area contributed by atoms with E-state index in [2.05, 4.69) is 28.9 Å². The summed E-state index contributed by atoms with van der Waals surface area (Å²) in [5.41, 5.74) is 4.90. The van der Waals surface area contributed by atoms with Crippen LogP contribution in [0.1, 0.15) is 44.4 Å². The van der Waals surface area contributed by atoms with E-state index in [1.54, 1.807) is 4.90 Å². The molecule has 2 aliphatic heterocycles. The third-order valence-corrected chi connectivity index (χ3v) is 8.95. The fourth-order valence-electron chi connectivity index (χ4n) is 5.87. The second-order valence-electron chi connectivity index (χ2n) is 11.4. The molecule has 218 valence electrons. The Kier molecular flexibility index (Phi) is 8.11. The van der Waals surface area contributed by atoms with Gasteiger partial charge in [0.25, 0.3) is 0 Å². The Morgan fingerprint density at radius 2 is 1.90 bits per heavy atom. The number of methoxy groups -OCH3 is 1. The summed E-state index contributed by atoms with van der Waals surface area (Å²) >= 11 is 1.52. The normalized spacial score (nSPS) is 21.1. The Morgan fingerprint density at radius 1 is 1.10 bits per heavy atom. The maximum atomic E-state index is 14.0. The number of carbonyl (C=O) groups is 2. The zero-order chi connectivity index (χ0) is 29.2. The molecule has 3 atom stereocenters. The third-order valence-electron chi connectivity index (χ3n) is 8.13. The highest BCUT2D eigenvalue weighted by atomic mass is 32.1. The number of ether oxygens (including phenoxy) is 2. The molecule has 2 aliphatic rings. The molecule has 1 fully saturated rings. The molecule has 2 aromatic carbocycles. The molecule has 2 aromatic heterocycles. The average molecular weight is 585 g/mol. The summed E-state index contributed by atoms with van der Waals surface area (Å²) < 4.78 is 11.8. The van der Waals surface area contributed by atoms with E-state index >= 15 is 0 Å². The highest BCUT2D eigenvalue weighted by Crippen LogP contribution is 2.34. The zero-order valence-corrected chi connectivity index (χ0v) is 25.0. The molecule has 9 heteroatoms. The van der Waals surface area contributed by atoms with Crippen molar-refractivity contribution in [3.8, 4) is 17.0 Å². The Hall–Kier alpha value is -3.98. The van der Waals surface area contributed by atoms with E-state index in [4.69, 9.17) is 19.4 Å². The molecule has 0 unspecified atom stereocenters. The van der Waals surface area contributed by atoms with Crippen molar-refractivity contribution in [2.45, 2.75) is 64.1 Å². The molecule has 8 nitrogen and oxygen atoms in total. The van der Waals surface area contributed by atoms with Crippen LogP contribution < -0.4 is 10.1 Å². The summed E-state index contributed by atoms with van der Waals surface area (Å²) in [6, 6.07) is 17.1. The van der Waals surface area contributed by atoms with Crippen molar-refractivity contribution in [3.63, 3.8) is 0 Å². The van der Waals surface area contributed by atoms with Gasteiger partial charge in [0.1, 0.15) is 23.9 Å². The van der Waals surface area contributed by atoms with Gasteiger partial charge < -0.3 is 19.7 Å². The van der Waals surface area contributed by atoms with Gasteiger partial charge in [-0.1, -0.05) is 50.2 Å². The van der Waals surface area contributed by atoms with Gasteiger partial charge in [-0.05, 0) is 49.3 Å². The number of pyridine rings is 1. The number of amides is 1. The summed E-state index contributed by atoms with van der Waals surface area (Å²) in [4.78, 5) is 38.3. The first-order valence-corrected chi connectivity index (χ1v) is 15.5. The number of aryl methyl sites for hydroxylation is 2. The Morgan fingerprint density at radius 3 is 2.69 bits per heavy atom. The lowest BCUT2D eigenvalue weighted by Crippen LogP contribution is -2.50. The van der Waals surface area contributed by atoms with Crippen molar-refractivity contribution >= 4 is 39.2 Å². The number of nitrogens with one attached hydrogen (secondary N) is 1. The van der Waals surface area contributed by atoms with Crippen molar-refractivity contribution in [2.75, 3.05) is 19.0 Å². The molecule has 4 heterocycles. The van der Waals surface area contributed by atoms with Crippen molar-refractivity contribution in [1.82, 2.24) is 14.9 Å². The topological polar surface area (TPSA) is 93.7 Å². The van der Waals surface area contributed by atoms with Crippen LogP contribution in [0.15, 0.2) is 60.0 Å². The van der Waals surface area contributed by atoms with Crippen molar-refractivity contribution in [3.05, 3.63) is 71.2 Å². The van der Waals surface area contributed by atoms with E-state index in [9.17, 15) is 9.59 Å². The average Bonchev–Trinajstić information content (AvgIpc) is 3.64. The van der Waals surface area contributed by atoms with Crippen molar-refractivity contribution in [2.24, 2.45) is 5.92 Å². The maximum Gasteiger partial charge on any atom is 0.328 e. The van der Waals surface area contributed by atoms with Crippen molar-refractivity contribution < 1.29 is 19.1 Å². The van der Waals surface area contributed by atoms with E-state index in [-0.39, 0.29) is 18.4 Å². The SMILES string of the molecule is COC(=O)[C@@H]1C[C@@H]2CN1C(=O)[C@H](C(C)C)Nc1nc(cs1)CCCCc1ccc3nc(-c4ccccc4)cc(c3c1)O2. The molecule has 0 saturated carbocycles. The van der Waals surface area contributed by atoms with E-state index in [1.807, 2.05) is 50.2 Å². The molecule has 42 heavy (non-hydrogen) atoms. The first-order chi connectivity index (χ1) is 20.4. The molecule has 0 radical (unpaired) electrons. The van der Waals surface area contributed by atoms with E-state index in [0.717, 1.165) is 58.7 Å². The molecule has 1 saturated heterocycles. The van der Waals surface area contributed by atoms with Gasteiger partial charge in [-0.3, -0.25) is 4.79 Å². The molecular formula is C33H36N4O4S. The number of hydrogen-bond donors (Lipinski definition) is 1. The van der Waals surface area contributed by atoms with E-state index in [1.165, 1.54) is 24.0 Å². The summed E-state index contributed by atoms with van der Waals surface area (Å²) in [5.74, 6) is 0.0874. The number of nitrogens with zero attached hydrogens (tertiary/aromatic N) is 3. The van der Waals surface area contributed by atoms with Crippen LogP contribution in [-0.2, 0) is 27.2 Å². The van der Waals surface area contributed by atoms with Crippen LogP contribution in [0.2, 0.25) is 0 Å². The Labute approximate surface area is 250 Å². The monoisotopic (exact) mass is 584 g/mol. The number of benzene rings is 2. The summed E-state index contributed by atoms with van der Waals surface area (Å²) in [6.45, 7) is 4.27. The van der Waals surface area contributed by atoms with E-state index < -0.39 is 24.2 Å². The first kappa shape index (κ1) is 28.2. The van der Waals surface area contributed by atoms with Crippen LogP contribution in [0.5, 0.6) is 5.75 Å². The van der Waals surface area contributed by atoms with Crippen LogP contribution in [0.3, 0.4) is 0 Å². The molecule has 1 N–H and O–H groups in total. The van der Waals surface area contributed by atoms with E-state index in [0.29, 0.717) is 12.2 Å². The lowest BCUT2D eigenvalue weighted by Gasteiger charge is -2.29. The third kappa shape index (κ3) is 5.83. The predicted molar refractivity (Wildman–Crippen MR) is 165 cm³/mol. The number of rotatable bonds is 3. The summed E-state index contributed by atoms with van der Waals surface area (Å²) in [6.07, 6.45) is 3.81. The van der Waals surface area contributed by atoms with Gasteiger partial charge in [-0.2, -0.15) is 0 Å². The molecule has 6 rings (SSSR count). The minimum absolute atomic E-state index is 0.0234. The quantitative estimate of drug-likeness (QED) is 0.300. The lowest BCUT2D eigenvalue weighted by atomic mass is 10.0.